The number of benzene rings is 3. The van der Waals surface area contributed by atoms with Gasteiger partial charge in [-0.05, 0) is 96.3 Å². The standard InChI is InChI=1S/C48H52N8O6S/c1-30-43(63-29-50-30)32-18-16-31(17-19-32)28-49-46(59)40-14-8-24-56(40)47(60)44(48(2,3)4)54-42(57)15-9-25-62-35-11-6-10-33(26-35)34-20-21-38(41(27-34)61-5)53-45(58)39-13-7-12-36(52-39)37-22-23-51-55-37/h6-7,10-13,16-23,26-27,29,40,44H,8-9,14-15,24-25,28H2,1-5H3,(H,49,59)(H,51,55)(H,53,58)(H,54,57)/t40-,44+/m0/s1. The van der Waals surface area contributed by atoms with Crippen LogP contribution in [0.5, 0.6) is 11.5 Å². The van der Waals surface area contributed by atoms with Crippen molar-refractivity contribution in [3.8, 4) is 44.5 Å². The minimum Gasteiger partial charge on any atom is -0.495 e. The molecule has 1 aliphatic rings. The maximum absolute atomic E-state index is 14.0. The first-order chi connectivity index (χ1) is 30.4. The van der Waals surface area contributed by atoms with E-state index in [0.29, 0.717) is 60.9 Å². The van der Waals surface area contributed by atoms with Gasteiger partial charge in [-0.3, -0.25) is 24.3 Å². The molecule has 0 unspecified atom stereocenters. The lowest BCUT2D eigenvalue weighted by Gasteiger charge is -2.35. The molecular formula is C48H52N8O6S. The number of amides is 4. The number of hydrogen-bond acceptors (Lipinski definition) is 10. The zero-order chi connectivity index (χ0) is 44.5. The molecular weight excluding hydrogens is 817 g/mol. The van der Waals surface area contributed by atoms with Crippen molar-refractivity contribution in [2.45, 2.75) is 72.0 Å². The fourth-order valence-corrected chi connectivity index (χ4v) is 8.28. The number of nitrogens with zero attached hydrogens (tertiary/aromatic N) is 4. The summed E-state index contributed by atoms with van der Waals surface area (Å²) >= 11 is 1.60. The van der Waals surface area contributed by atoms with Gasteiger partial charge in [0.15, 0.2) is 0 Å². The molecule has 14 nitrogen and oxygen atoms in total. The minimum absolute atomic E-state index is 0.151. The number of aromatic nitrogens is 4. The fourth-order valence-electron chi connectivity index (χ4n) is 7.47. The van der Waals surface area contributed by atoms with Crippen LogP contribution in [0.4, 0.5) is 5.69 Å². The van der Waals surface area contributed by atoms with Gasteiger partial charge in [0.25, 0.3) is 5.91 Å². The molecule has 4 N–H and O–H groups in total. The van der Waals surface area contributed by atoms with E-state index >= 15 is 0 Å². The normalized spacial score (nSPS) is 14.2. The van der Waals surface area contributed by atoms with Crippen molar-refractivity contribution in [1.29, 1.82) is 0 Å². The van der Waals surface area contributed by atoms with E-state index in [1.165, 1.54) is 7.11 Å². The molecule has 15 heteroatoms. The zero-order valence-electron chi connectivity index (χ0n) is 36.1. The molecule has 0 spiro atoms. The van der Waals surface area contributed by atoms with E-state index in [9.17, 15) is 19.2 Å². The molecule has 0 aliphatic carbocycles. The average Bonchev–Trinajstić information content (AvgIpc) is 4.10. The monoisotopic (exact) mass is 868 g/mol. The lowest BCUT2D eigenvalue weighted by Crippen LogP contribution is -2.57. The van der Waals surface area contributed by atoms with Crippen LogP contribution < -0.4 is 25.4 Å². The summed E-state index contributed by atoms with van der Waals surface area (Å²) in [6, 6.07) is 26.7. The molecule has 1 aliphatic heterocycles. The Morgan fingerprint density at radius 3 is 2.46 bits per heavy atom. The summed E-state index contributed by atoms with van der Waals surface area (Å²) in [5.41, 5.74) is 8.01. The molecule has 6 aromatic rings. The Morgan fingerprint density at radius 1 is 0.952 bits per heavy atom. The third-order valence-corrected chi connectivity index (χ3v) is 11.9. The predicted molar refractivity (Wildman–Crippen MR) is 243 cm³/mol. The summed E-state index contributed by atoms with van der Waals surface area (Å²) in [4.78, 5) is 65.5. The lowest BCUT2D eigenvalue weighted by molar-refractivity contribution is -0.144. The fraction of sp³-hybridized carbons (Fsp3) is 0.312. The number of methoxy groups -OCH3 is 1. The largest absolute Gasteiger partial charge is 0.495 e. The Kier molecular flexibility index (Phi) is 13.9. The third-order valence-electron chi connectivity index (χ3n) is 10.9. The lowest BCUT2D eigenvalue weighted by atomic mass is 9.85. The SMILES string of the molecule is COc1cc(-c2cccc(OCCCC(=O)N[C@H](C(=O)N3CCC[C@H]3C(=O)NCc3ccc(-c4scnc4C)cc3)C(C)(C)C)c2)ccc1NC(=O)c1cccc(-c2ccn[nH]2)n1. The average molecular weight is 869 g/mol. The predicted octanol–water partition coefficient (Wildman–Crippen LogP) is 7.83. The quantitative estimate of drug-likeness (QED) is 0.0706. The van der Waals surface area contributed by atoms with Crippen LogP contribution in [0.15, 0.2) is 103 Å². The molecule has 2 atom stereocenters. The molecule has 1 fully saturated rings. The van der Waals surface area contributed by atoms with Crippen LogP contribution in [0.25, 0.3) is 33.0 Å². The molecule has 0 bridgehead atoms. The summed E-state index contributed by atoms with van der Waals surface area (Å²) < 4.78 is 11.7. The number of carbonyl (C=O) groups is 4. The molecule has 4 amide bonds. The summed E-state index contributed by atoms with van der Waals surface area (Å²) in [5.74, 6) is -0.0189. The number of hydrogen-bond donors (Lipinski definition) is 4. The highest BCUT2D eigenvalue weighted by atomic mass is 32.1. The van der Waals surface area contributed by atoms with Gasteiger partial charge in [-0.2, -0.15) is 5.10 Å². The van der Waals surface area contributed by atoms with E-state index in [-0.39, 0.29) is 42.4 Å². The Balaban J connectivity index is 0.893. The Labute approximate surface area is 370 Å². The molecule has 1 saturated heterocycles. The van der Waals surface area contributed by atoms with Crippen molar-refractivity contribution in [3.63, 3.8) is 0 Å². The summed E-state index contributed by atoms with van der Waals surface area (Å²) in [7, 11) is 1.54. The van der Waals surface area contributed by atoms with Crippen molar-refractivity contribution in [1.82, 2.24) is 35.7 Å². The van der Waals surface area contributed by atoms with E-state index in [0.717, 1.165) is 32.8 Å². The maximum Gasteiger partial charge on any atom is 0.274 e. The van der Waals surface area contributed by atoms with Crippen LogP contribution in [-0.2, 0) is 20.9 Å². The van der Waals surface area contributed by atoms with Crippen molar-refractivity contribution < 1.29 is 28.7 Å². The van der Waals surface area contributed by atoms with Crippen molar-refractivity contribution in [2.75, 3.05) is 25.6 Å². The smallest absolute Gasteiger partial charge is 0.274 e. The van der Waals surface area contributed by atoms with E-state index in [1.807, 2.05) is 93.9 Å². The molecule has 4 heterocycles. The molecule has 0 saturated carbocycles. The number of carbonyl (C=O) groups excluding carboxylic acids is 4. The highest BCUT2D eigenvalue weighted by Crippen LogP contribution is 2.33. The van der Waals surface area contributed by atoms with Gasteiger partial charge in [-0.25, -0.2) is 9.97 Å². The number of anilines is 1. The number of likely N-dealkylation sites (tertiary alicyclic amines) is 1. The summed E-state index contributed by atoms with van der Waals surface area (Å²) in [6.07, 6.45) is 3.45. The first-order valence-corrected chi connectivity index (χ1v) is 21.8. The number of H-pyrrole nitrogens is 1. The number of ether oxygens (including phenoxy) is 2. The summed E-state index contributed by atoms with van der Waals surface area (Å²) in [5, 5.41) is 15.7. The van der Waals surface area contributed by atoms with Crippen LogP contribution in [0.1, 0.15) is 68.2 Å². The van der Waals surface area contributed by atoms with Crippen LogP contribution in [-0.4, -0.2) is 81.0 Å². The number of pyridine rings is 1. The number of aryl methyl sites for hydroxylation is 1. The first kappa shape index (κ1) is 44.2. The molecule has 3 aromatic heterocycles. The summed E-state index contributed by atoms with van der Waals surface area (Å²) in [6.45, 7) is 8.79. The van der Waals surface area contributed by atoms with Crippen molar-refractivity contribution >= 4 is 40.7 Å². The van der Waals surface area contributed by atoms with Gasteiger partial charge in [-0.1, -0.05) is 69.3 Å². The second-order valence-corrected chi connectivity index (χ2v) is 17.3. The van der Waals surface area contributed by atoms with Crippen molar-refractivity contribution in [3.05, 3.63) is 120 Å². The molecule has 7 rings (SSSR count). The first-order valence-electron chi connectivity index (χ1n) is 20.9. The molecule has 326 valence electrons. The Hall–Kier alpha value is -6.87. The topological polar surface area (TPSA) is 181 Å². The van der Waals surface area contributed by atoms with Crippen LogP contribution in [0, 0.1) is 12.3 Å². The maximum atomic E-state index is 14.0. The van der Waals surface area contributed by atoms with Gasteiger partial charge >= 0.3 is 0 Å². The zero-order valence-corrected chi connectivity index (χ0v) is 36.9. The van der Waals surface area contributed by atoms with Crippen LogP contribution >= 0.6 is 11.3 Å². The van der Waals surface area contributed by atoms with Crippen LogP contribution in [0.3, 0.4) is 0 Å². The van der Waals surface area contributed by atoms with Gasteiger partial charge in [0.05, 0.1) is 46.9 Å². The van der Waals surface area contributed by atoms with Gasteiger partial charge in [0.2, 0.25) is 17.7 Å². The second kappa shape index (κ2) is 19.9. The van der Waals surface area contributed by atoms with Gasteiger partial charge in [-0.15, -0.1) is 11.3 Å². The van der Waals surface area contributed by atoms with E-state index in [2.05, 4.69) is 36.1 Å². The Morgan fingerprint density at radius 2 is 1.73 bits per heavy atom. The highest BCUT2D eigenvalue weighted by molar-refractivity contribution is 7.13. The van der Waals surface area contributed by atoms with E-state index in [4.69, 9.17) is 9.47 Å². The van der Waals surface area contributed by atoms with Gasteiger partial charge < -0.3 is 30.3 Å². The van der Waals surface area contributed by atoms with Crippen LogP contribution in [0.2, 0.25) is 0 Å². The number of nitrogens with one attached hydrogen (secondary N) is 4. The minimum atomic E-state index is -0.814. The number of thiazole rings is 1. The van der Waals surface area contributed by atoms with Gasteiger partial charge in [0.1, 0.15) is 29.3 Å². The number of aromatic amines is 1. The molecule has 0 radical (unpaired) electrons. The van der Waals surface area contributed by atoms with E-state index in [1.54, 1.807) is 52.8 Å². The van der Waals surface area contributed by atoms with Crippen molar-refractivity contribution in [2.24, 2.45) is 5.41 Å². The molecule has 63 heavy (non-hydrogen) atoms. The Bertz CT molecular complexity index is 2550. The second-order valence-electron chi connectivity index (χ2n) is 16.5. The highest BCUT2D eigenvalue weighted by Gasteiger charge is 2.41. The third kappa shape index (κ3) is 11.0. The van der Waals surface area contributed by atoms with E-state index < -0.39 is 17.5 Å². The molecule has 3 aromatic carbocycles. The number of rotatable bonds is 16. The van der Waals surface area contributed by atoms with Gasteiger partial charge in [0, 0.05) is 25.7 Å².